The number of anilines is 1. The van der Waals surface area contributed by atoms with Crippen molar-refractivity contribution >= 4 is 5.69 Å². The summed E-state index contributed by atoms with van der Waals surface area (Å²) in [5, 5.41) is 7.52. The van der Waals surface area contributed by atoms with Gasteiger partial charge in [-0.25, -0.2) is 4.39 Å². The van der Waals surface area contributed by atoms with E-state index in [0.717, 1.165) is 29.8 Å². The molecule has 19 heavy (non-hydrogen) atoms. The standard InChI is InChI=1S/C14H16FN3O/c1-18-9-11(8-16-18)17-13-3-2-6-19-14-5-4-10(15)7-12(13)14/h4-5,7-9,13,17H,2-3,6H2,1H3/t13-/m1/s1. The third-order valence-corrected chi connectivity index (χ3v) is 3.29. The van der Waals surface area contributed by atoms with E-state index in [1.165, 1.54) is 6.07 Å². The van der Waals surface area contributed by atoms with Crippen molar-refractivity contribution in [2.45, 2.75) is 18.9 Å². The zero-order valence-corrected chi connectivity index (χ0v) is 10.8. The molecule has 0 radical (unpaired) electrons. The number of rotatable bonds is 2. The van der Waals surface area contributed by atoms with Gasteiger partial charge in [-0.3, -0.25) is 4.68 Å². The molecule has 2 heterocycles. The predicted octanol–water partition coefficient (Wildman–Crippen LogP) is 2.89. The van der Waals surface area contributed by atoms with Gasteiger partial charge in [0.25, 0.3) is 0 Å². The normalized spacial score (nSPS) is 18.3. The van der Waals surface area contributed by atoms with E-state index in [2.05, 4.69) is 10.4 Å². The molecule has 0 saturated carbocycles. The van der Waals surface area contributed by atoms with Gasteiger partial charge in [-0.05, 0) is 31.0 Å². The molecule has 0 aliphatic carbocycles. The van der Waals surface area contributed by atoms with Crippen molar-refractivity contribution in [3.8, 4) is 5.75 Å². The van der Waals surface area contributed by atoms with Gasteiger partial charge in [0.2, 0.25) is 0 Å². The first-order valence-corrected chi connectivity index (χ1v) is 6.40. The van der Waals surface area contributed by atoms with Crippen LogP contribution in [0.3, 0.4) is 0 Å². The van der Waals surface area contributed by atoms with E-state index in [1.807, 2.05) is 13.2 Å². The molecule has 5 heteroatoms. The summed E-state index contributed by atoms with van der Waals surface area (Å²) in [5.41, 5.74) is 1.81. The number of hydrogen-bond donors (Lipinski definition) is 1. The average Bonchev–Trinajstić information content (AvgIpc) is 2.69. The summed E-state index contributed by atoms with van der Waals surface area (Å²) in [6.07, 6.45) is 5.52. The highest BCUT2D eigenvalue weighted by molar-refractivity contribution is 5.46. The molecule has 1 aromatic heterocycles. The fraction of sp³-hybridized carbons (Fsp3) is 0.357. The van der Waals surface area contributed by atoms with Crippen LogP contribution in [0.25, 0.3) is 0 Å². The van der Waals surface area contributed by atoms with E-state index < -0.39 is 0 Å². The SMILES string of the molecule is Cn1cc(N[C@@H]2CCCOc3ccc(F)cc32)cn1. The minimum absolute atomic E-state index is 0.0531. The number of aryl methyl sites for hydroxylation is 1. The molecule has 0 fully saturated rings. The molecule has 0 saturated heterocycles. The van der Waals surface area contributed by atoms with Crippen LogP contribution in [0.2, 0.25) is 0 Å². The number of halogens is 1. The van der Waals surface area contributed by atoms with Gasteiger partial charge in [0.05, 0.1) is 24.5 Å². The molecule has 4 nitrogen and oxygen atoms in total. The summed E-state index contributed by atoms with van der Waals surface area (Å²) in [5.74, 6) is 0.530. The van der Waals surface area contributed by atoms with Crippen LogP contribution in [0.1, 0.15) is 24.4 Å². The number of fused-ring (bicyclic) bond motifs is 1. The largest absolute Gasteiger partial charge is 0.493 e. The van der Waals surface area contributed by atoms with Gasteiger partial charge in [0, 0.05) is 18.8 Å². The van der Waals surface area contributed by atoms with Crippen LogP contribution in [0, 0.1) is 5.82 Å². The second-order valence-corrected chi connectivity index (χ2v) is 4.77. The Morgan fingerprint density at radius 3 is 3.16 bits per heavy atom. The predicted molar refractivity (Wildman–Crippen MR) is 70.7 cm³/mol. The third kappa shape index (κ3) is 2.54. The summed E-state index contributed by atoms with van der Waals surface area (Å²) < 4.78 is 20.8. The van der Waals surface area contributed by atoms with E-state index in [9.17, 15) is 4.39 Å². The Labute approximate surface area is 111 Å². The van der Waals surface area contributed by atoms with Gasteiger partial charge in [-0.15, -0.1) is 0 Å². The molecule has 0 unspecified atom stereocenters. The van der Waals surface area contributed by atoms with Gasteiger partial charge >= 0.3 is 0 Å². The molecule has 1 N–H and O–H groups in total. The Bertz CT molecular complexity index is 582. The Morgan fingerprint density at radius 1 is 1.47 bits per heavy atom. The second kappa shape index (κ2) is 4.91. The maximum absolute atomic E-state index is 13.4. The number of benzene rings is 1. The second-order valence-electron chi connectivity index (χ2n) is 4.77. The Balaban J connectivity index is 1.91. The molecule has 3 rings (SSSR count). The van der Waals surface area contributed by atoms with E-state index in [0.29, 0.717) is 6.61 Å². The van der Waals surface area contributed by atoms with E-state index in [4.69, 9.17) is 4.74 Å². The van der Waals surface area contributed by atoms with Crippen molar-refractivity contribution in [2.24, 2.45) is 7.05 Å². The van der Waals surface area contributed by atoms with Crippen molar-refractivity contribution in [3.05, 3.63) is 42.0 Å². The molecule has 1 aliphatic heterocycles. The lowest BCUT2D eigenvalue weighted by Gasteiger charge is -2.18. The maximum atomic E-state index is 13.4. The molecule has 0 bridgehead atoms. The van der Waals surface area contributed by atoms with Crippen LogP contribution < -0.4 is 10.1 Å². The molecule has 0 amide bonds. The van der Waals surface area contributed by atoms with Crippen LogP contribution >= 0.6 is 0 Å². The first kappa shape index (κ1) is 12.0. The minimum atomic E-state index is -0.234. The van der Waals surface area contributed by atoms with Gasteiger partial charge in [0.1, 0.15) is 11.6 Å². The summed E-state index contributed by atoms with van der Waals surface area (Å²) in [7, 11) is 1.87. The summed E-state index contributed by atoms with van der Waals surface area (Å²) in [6, 6.07) is 4.74. The highest BCUT2D eigenvalue weighted by Crippen LogP contribution is 2.34. The summed E-state index contributed by atoms with van der Waals surface area (Å²) in [4.78, 5) is 0. The molecular formula is C14H16FN3O. The number of ether oxygens (including phenoxy) is 1. The van der Waals surface area contributed by atoms with Crippen LogP contribution in [-0.2, 0) is 7.05 Å². The highest BCUT2D eigenvalue weighted by Gasteiger charge is 2.20. The smallest absolute Gasteiger partial charge is 0.124 e. The molecule has 0 spiro atoms. The quantitative estimate of drug-likeness (QED) is 0.903. The van der Waals surface area contributed by atoms with Gasteiger partial charge in [0.15, 0.2) is 0 Å². The highest BCUT2D eigenvalue weighted by atomic mass is 19.1. The lowest BCUT2D eigenvalue weighted by molar-refractivity contribution is 0.316. The number of hydrogen-bond acceptors (Lipinski definition) is 3. The first-order chi connectivity index (χ1) is 9.22. The van der Waals surface area contributed by atoms with E-state index >= 15 is 0 Å². The van der Waals surface area contributed by atoms with E-state index in [1.54, 1.807) is 23.0 Å². The summed E-state index contributed by atoms with van der Waals surface area (Å²) in [6.45, 7) is 0.670. The third-order valence-electron chi connectivity index (χ3n) is 3.29. The van der Waals surface area contributed by atoms with Crippen molar-refractivity contribution in [1.29, 1.82) is 0 Å². The van der Waals surface area contributed by atoms with Crippen LogP contribution in [-0.4, -0.2) is 16.4 Å². The lowest BCUT2D eigenvalue weighted by Crippen LogP contribution is -2.10. The fourth-order valence-electron chi connectivity index (χ4n) is 2.40. The minimum Gasteiger partial charge on any atom is -0.493 e. The van der Waals surface area contributed by atoms with Crippen LogP contribution in [0.15, 0.2) is 30.6 Å². The van der Waals surface area contributed by atoms with Crippen molar-refractivity contribution in [2.75, 3.05) is 11.9 Å². The molecular weight excluding hydrogens is 245 g/mol. The van der Waals surface area contributed by atoms with Gasteiger partial charge in [-0.2, -0.15) is 5.10 Å². The van der Waals surface area contributed by atoms with Crippen molar-refractivity contribution < 1.29 is 9.13 Å². The van der Waals surface area contributed by atoms with Crippen molar-refractivity contribution in [3.63, 3.8) is 0 Å². The molecule has 1 atom stereocenters. The van der Waals surface area contributed by atoms with E-state index in [-0.39, 0.29) is 11.9 Å². The van der Waals surface area contributed by atoms with Gasteiger partial charge < -0.3 is 10.1 Å². The Kier molecular flexibility index (Phi) is 3.11. The Hall–Kier alpha value is -2.04. The number of nitrogens with one attached hydrogen (secondary N) is 1. The topological polar surface area (TPSA) is 39.1 Å². The zero-order chi connectivity index (χ0) is 13.2. The van der Waals surface area contributed by atoms with Crippen LogP contribution in [0.4, 0.5) is 10.1 Å². The zero-order valence-electron chi connectivity index (χ0n) is 10.8. The maximum Gasteiger partial charge on any atom is 0.124 e. The first-order valence-electron chi connectivity index (χ1n) is 6.40. The number of nitrogens with zero attached hydrogens (tertiary/aromatic N) is 2. The summed E-state index contributed by atoms with van der Waals surface area (Å²) >= 11 is 0. The fourth-order valence-corrected chi connectivity index (χ4v) is 2.40. The molecule has 100 valence electrons. The molecule has 1 aromatic carbocycles. The van der Waals surface area contributed by atoms with Gasteiger partial charge in [-0.1, -0.05) is 0 Å². The Morgan fingerprint density at radius 2 is 2.37 bits per heavy atom. The monoisotopic (exact) mass is 261 g/mol. The van der Waals surface area contributed by atoms with Crippen LogP contribution in [0.5, 0.6) is 5.75 Å². The van der Waals surface area contributed by atoms with Crippen molar-refractivity contribution in [1.82, 2.24) is 9.78 Å². The lowest BCUT2D eigenvalue weighted by atomic mass is 10.0. The molecule has 1 aliphatic rings. The average molecular weight is 261 g/mol. The molecule has 2 aromatic rings. The number of aromatic nitrogens is 2.